The van der Waals surface area contributed by atoms with E-state index in [4.69, 9.17) is 19.7 Å². The fraction of sp³-hybridized carbons (Fsp3) is 0.0179. The minimum Gasteiger partial charge on any atom is -0.457 e. The molecule has 0 aliphatic carbocycles. The summed E-state index contributed by atoms with van der Waals surface area (Å²) in [6, 6.07) is 69.4. The van der Waals surface area contributed by atoms with Gasteiger partial charge in [0.1, 0.15) is 11.5 Å². The highest BCUT2D eigenvalue weighted by atomic mass is 16.5. The lowest BCUT2D eigenvalue weighted by atomic mass is 9.63. The molecule has 292 valence electrons. The molecule has 6 heteroatoms. The zero-order valence-corrected chi connectivity index (χ0v) is 33.5. The molecule has 4 aromatic heterocycles. The first-order chi connectivity index (χ1) is 30.7. The number of hydrogen-bond acceptors (Lipinski definition) is 6. The van der Waals surface area contributed by atoms with Crippen molar-refractivity contribution in [2.45, 2.75) is 5.41 Å². The van der Waals surface area contributed by atoms with E-state index in [1.165, 1.54) is 0 Å². The van der Waals surface area contributed by atoms with Crippen LogP contribution in [0, 0.1) is 0 Å². The maximum atomic E-state index is 7.18. The Morgan fingerprint density at radius 1 is 0.306 bits per heavy atom. The maximum absolute atomic E-state index is 7.18. The van der Waals surface area contributed by atoms with Crippen LogP contribution in [0.2, 0.25) is 0 Å². The fourth-order valence-corrected chi connectivity index (χ4v) is 8.71. The van der Waals surface area contributed by atoms with Crippen LogP contribution in [0.25, 0.3) is 67.5 Å². The quantitative estimate of drug-likeness (QED) is 0.152. The zero-order valence-electron chi connectivity index (χ0n) is 33.5. The molecule has 0 saturated carbocycles. The van der Waals surface area contributed by atoms with Crippen LogP contribution in [0.1, 0.15) is 22.3 Å². The van der Waals surface area contributed by atoms with Gasteiger partial charge in [-0.1, -0.05) is 146 Å². The lowest BCUT2D eigenvalue weighted by molar-refractivity contribution is 0.435. The summed E-state index contributed by atoms with van der Waals surface area (Å²) in [5.74, 6) is 2.18. The number of benzene rings is 6. The number of hydrogen-bond donors (Lipinski definition) is 0. The van der Waals surface area contributed by atoms with E-state index in [0.717, 1.165) is 95.5 Å². The largest absolute Gasteiger partial charge is 0.457 e. The molecule has 0 unspecified atom stereocenters. The summed E-state index contributed by atoms with van der Waals surface area (Å²) in [6.45, 7) is 0. The molecular weight excluding hydrogens is 759 g/mol. The van der Waals surface area contributed by atoms with Gasteiger partial charge >= 0.3 is 0 Å². The number of aromatic nitrogens is 5. The van der Waals surface area contributed by atoms with Crippen LogP contribution >= 0.6 is 0 Å². The smallest absolute Gasteiger partial charge is 0.160 e. The number of rotatable bonds is 8. The second kappa shape index (κ2) is 15.7. The Bertz CT molecular complexity index is 2850. The summed E-state index contributed by atoms with van der Waals surface area (Å²) in [7, 11) is 0. The summed E-state index contributed by atoms with van der Waals surface area (Å²) < 4.78 is 7.18. The molecule has 0 spiro atoms. The molecule has 0 radical (unpaired) electrons. The van der Waals surface area contributed by atoms with Crippen molar-refractivity contribution >= 4 is 0 Å². The average Bonchev–Trinajstić information content (AvgIpc) is 3.36. The van der Waals surface area contributed by atoms with Crippen molar-refractivity contribution in [3.63, 3.8) is 0 Å². The van der Waals surface area contributed by atoms with Gasteiger partial charge in [0.2, 0.25) is 0 Å². The molecule has 62 heavy (non-hydrogen) atoms. The Labute approximate surface area is 360 Å². The molecule has 0 bridgehead atoms. The zero-order chi connectivity index (χ0) is 41.3. The highest BCUT2D eigenvalue weighted by Crippen LogP contribution is 2.56. The van der Waals surface area contributed by atoms with Gasteiger partial charge in [0.15, 0.2) is 5.82 Å². The fourth-order valence-electron chi connectivity index (χ4n) is 8.71. The van der Waals surface area contributed by atoms with Crippen LogP contribution in [-0.2, 0) is 5.41 Å². The van der Waals surface area contributed by atoms with Gasteiger partial charge in [-0.2, -0.15) is 0 Å². The Morgan fingerprint density at radius 3 is 1.26 bits per heavy atom. The maximum Gasteiger partial charge on any atom is 0.160 e. The van der Waals surface area contributed by atoms with Crippen molar-refractivity contribution in [1.29, 1.82) is 0 Å². The molecular formula is C56H37N5O. The molecule has 10 aromatic rings. The highest BCUT2D eigenvalue weighted by molar-refractivity contribution is 5.81. The molecule has 6 nitrogen and oxygen atoms in total. The minimum atomic E-state index is -0.707. The van der Waals surface area contributed by atoms with Crippen molar-refractivity contribution in [1.82, 2.24) is 24.9 Å². The van der Waals surface area contributed by atoms with Crippen molar-refractivity contribution < 1.29 is 4.74 Å². The number of ether oxygens (including phenoxy) is 1. The third-order valence-electron chi connectivity index (χ3n) is 11.6. The Balaban J connectivity index is 1.13. The predicted octanol–water partition coefficient (Wildman–Crippen LogP) is 13.2. The molecule has 1 aliphatic heterocycles. The normalized spacial score (nSPS) is 12.5. The lowest BCUT2D eigenvalue weighted by Crippen LogP contribution is -2.34. The number of fused-ring (bicyclic) bond motifs is 2. The van der Waals surface area contributed by atoms with Crippen LogP contribution in [0.15, 0.2) is 225 Å². The molecule has 0 amide bonds. The van der Waals surface area contributed by atoms with Gasteiger partial charge in [-0.15, -0.1) is 0 Å². The van der Waals surface area contributed by atoms with E-state index < -0.39 is 5.41 Å². The molecule has 0 N–H and O–H groups in total. The van der Waals surface area contributed by atoms with E-state index in [-0.39, 0.29) is 0 Å². The lowest BCUT2D eigenvalue weighted by Gasteiger charge is -2.41. The van der Waals surface area contributed by atoms with Crippen LogP contribution in [0.3, 0.4) is 0 Å². The second-order valence-corrected chi connectivity index (χ2v) is 15.3. The summed E-state index contributed by atoms with van der Waals surface area (Å²) in [4.78, 5) is 23.9. The van der Waals surface area contributed by atoms with Crippen LogP contribution in [0.5, 0.6) is 11.5 Å². The van der Waals surface area contributed by atoms with Gasteiger partial charge in [0.05, 0.1) is 28.2 Å². The third-order valence-corrected chi connectivity index (χ3v) is 11.6. The summed E-state index contributed by atoms with van der Waals surface area (Å²) in [5, 5.41) is 0. The predicted molar refractivity (Wildman–Crippen MR) is 246 cm³/mol. The van der Waals surface area contributed by atoms with Crippen LogP contribution in [-0.4, -0.2) is 24.9 Å². The first kappa shape index (κ1) is 36.7. The Hall–Kier alpha value is -8.35. The summed E-state index contributed by atoms with van der Waals surface area (Å²) >= 11 is 0. The number of nitrogens with zero attached hydrogens (tertiary/aromatic N) is 5. The monoisotopic (exact) mass is 795 g/mol. The van der Waals surface area contributed by atoms with E-state index in [9.17, 15) is 0 Å². The molecule has 0 atom stereocenters. The summed E-state index contributed by atoms with van der Waals surface area (Å²) in [5.41, 5.74) is 13.9. The third kappa shape index (κ3) is 6.60. The molecule has 0 fully saturated rings. The standard InChI is InChI=1S/C56H37N5O/c1-5-13-38(14-6-1)51-37-52(61-55(60-51)41-15-7-2-8-16-41)43-22-24-48-54(36-43)62-53-35-42(21-23-47(53)56(48,45-17-9-3-10-18-45)46-19-11-4-12-20-46)44-33-49(39-25-29-57-30-26-39)59-50(34-44)40-27-31-58-32-28-40/h1-37H. The Morgan fingerprint density at radius 2 is 0.726 bits per heavy atom. The van der Waals surface area contributed by atoms with Gasteiger partial charge in [0.25, 0.3) is 0 Å². The molecule has 1 aliphatic rings. The highest BCUT2D eigenvalue weighted by Gasteiger charge is 2.45. The molecule has 6 aromatic carbocycles. The van der Waals surface area contributed by atoms with Gasteiger partial charge in [-0.3, -0.25) is 9.97 Å². The van der Waals surface area contributed by atoms with Gasteiger partial charge in [0, 0.05) is 63.7 Å². The van der Waals surface area contributed by atoms with Crippen molar-refractivity contribution in [2.24, 2.45) is 0 Å². The summed E-state index contributed by atoms with van der Waals surface area (Å²) in [6.07, 6.45) is 7.20. The van der Waals surface area contributed by atoms with Crippen molar-refractivity contribution in [3.05, 3.63) is 247 Å². The molecule has 11 rings (SSSR count). The first-order valence-electron chi connectivity index (χ1n) is 20.6. The second-order valence-electron chi connectivity index (χ2n) is 15.3. The van der Waals surface area contributed by atoms with Gasteiger partial charge in [-0.25, -0.2) is 15.0 Å². The number of pyridine rings is 3. The van der Waals surface area contributed by atoms with Crippen molar-refractivity contribution in [3.8, 4) is 79.0 Å². The van der Waals surface area contributed by atoms with E-state index in [0.29, 0.717) is 5.82 Å². The van der Waals surface area contributed by atoms with E-state index in [1.807, 2.05) is 60.7 Å². The minimum absolute atomic E-state index is 0.660. The molecule has 5 heterocycles. The van der Waals surface area contributed by atoms with E-state index >= 15 is 0 Å². The van der Waals surface area contributed by atoms with Crippen LogP contribution in [0.4, 0.5) is 0 Å². The van der Waals surface area contributed by atoms with Gasteiger partial charge in [-0.05, 0) is 76.9 Å². The average molecular weight is 796 g/mol. The SMILES string of the molecule is c1ccc(-c2cc(-c3ccc4c(c3)Oc3cc(-c5cc(-c6ccncc6)nc(-c6ccncc6)c5)ccc3C4(c3ccccc3)c3ccccc3)nc(-c3ccccc3)n2)cc1. The molecule has 0 saturated heterocycles. The van der Waals surface area contributed by atoms with E-state index in [2.05, 4.69) is 149 Å². The van der Waals surface area contributed by atoms with Gasteiger partial charge < -0.3 is 4.74 Å². The van der Waals surface area contributed by atoms with E-state index in [1.54, 1.807) is 24.8 Å². The Kier molecular flexibility index (Phi) is 9.28. The topological polar surface area (TPSA) is 73.7 Å². The van der Waals surface area contributed by atoms with Crippen molar-refractivity contribution in [2.75, 3.05) is 0 Å². The van der Waals surface area contributed by atoms with Crippen LogP contribution < -0.4 is 4.74 Å². The first-order valence-corrected chi connectivity index (χ1v) is 20.6.